The average molecular weight is 465 g/mol. The number of hydrogen-bond acceptors (Lipinski definition) is 4. The maximum atomic E-state index is 14.7. The molecule has 1 aliphatic heterocycles. The average Bonchev–Trinajstić information content (AvgIpc) is 3.27. The van der Waals surface area contributed by atoms with Crippen LogP contribution < -0.4 is 15.4 Å². The maximum absolute atomic E-state index is 14.7. The van der Waals surface area contributed by atoms with Crippen LogP contribution in [0.1, 0.15) is 12.0 Å². The smallest absolute Gasteiger partial charge is 0.387 e. The summed E-state index contributed by atoms with van der Waals surface area (Å²) in [6.07, 6.45) is -1.19. The third-order valence-electron chi connectivity index (χ3n) is 5.37. The molecule has 1 aromatic heterocycles. The number of hydrogen-bond donors (Lipinski definition) is 4. The van der Waals surface area contributed by atoms with Crippen molar-refractivity contribution >= 4 is 22.7 Å². The Bertz CT molecular complexity index is 1200. The van der Waals surface area contributed by atoms with E-state index >= 15 is 0 Å². The number of aryl methyl sites for hydroxylation is 1. The molecule has 0 radical (unpaired) electrons. The van der Waals surface area contributed by atoms with Crippen LogP contribution >= 0.6 is 0 Å². The molecule has 11 heteroatoms. The third-order valence-corrected chi connectivity index (χ3v) is 5.37. The Morgan fingerprint density at radius 1 is 1.21 bits per heavy atom. The van der Waals surface area contributed by atoms with E-state index in [2.05, 4.69) is 20.4 Å². The number of β-amino-alcohol motifs (C(OH)–C–C–N with tert-alkyl or cyclic N) is 1. The summed E-state index contributed by atoms with van der Waals surface area (Å²) in [4.78, 5) is 27.0. The summed E-state index contributed by atoms with van der Waals surface area (Å²) in [6, 6.07) is 6.29. The lowest BCUT2D eigenvalue weighted by atomic mass is 10.0. The van der Waals surface area contributed by atoms with Gasteiger partial charge in [0.15, 0.2) is 5.82 Å². The van der Waals surface area contributed by atoms with Gasteiger partial charge in [-0.1, -0.05) is 0 Å². The number of fused-ring (bicyclic) bond motifs is 1. The largest absolute Gasteiger partial charge is 0.435 e. The molecule has 7 nitrogen and oxygen atoms in total. The predicted molar refractivity (Wildman–Crippen MR) is 110 cm³/mol. The fourth-order valence-electron chi connectivity index (χ4n) is 3.83. The summed E-state index contributed by atoms with van der Waals surface area (Å²) < 4.78 is 57.7. The molecule has 174 valence electrons. The number of alkyl halides is 2. The number of aliphatic hydroxyl groups is 1. The monoisotopic (exact) mass is 465 g/mol. The van der Waals surface area contributed by atoms with E-state index < -0.39 is 48.0 Å². The second-order valence-corrected chi connectivity index (χ2v) is 7.55. The van der Waals surface area contributed by atoms with Crippen LogP contribution in [0.15, 0.2) is 36.4 Å². The van der Waals surface area contributed by atoms with Gasteiger partial charge in [0.2, 0.25) is 11.8 Å². The molecular formula is C22H19F4N3O4. The van der Waals surface area contributed by atoms with E-state index in [1.807, 2.05) is 0 Å². The normalized spacial score (nSPS) is 18.1. The van der Waals surface area contributed by atoms with Gasteiger partial charge in [-0.25, -0.2) is 8.78 Å². The molecule has 2 aromatic carbocycles. The summed E-state index contributed by atoms with van der Waals surface area (Å²) in [6.45, 7) is -3.14. The first-order valence-electron chi connectivity index (χ1n) is 10.0. The van der Waals surface area contributed by atoms with Gasteiger partial charge in [-0.15, -0.1) is 0 Å². The first-order chi connectivity index (χ1) is 15.7. The van der Waals surface area contributed by atoms with Crippen molar-refractivity contribution in [3.8, 4) is 17.0 Å². The van der Waals surface area contributed by atoms with Crippen molar-refractivity contribution < 1.29 is 37.0 Å². The summed E-state index contributed by atoms with van der Waals surface area (Å²) >= 11 is 0. The number of carbonyl (C=O) groups is 2. The second-order valence-electron chi connectivity index (χ2n) is 7.55. The Balaban J connectivity index is 1.68. The number of H-pyrrole nitrogens is 1. The minimum Gasteiger partial charge on any atom is -0.435 e. The Hall–Kier alpha value is -3.60. The molecule has 1 saturated heterocycles. The first kappa shape index (κ1) is 22.6. The van der Waals surface area contributed by atoms with Gasteiger partial charge in [-0.3, -0.25) is 9.59 Å². The molecule has 0 unspecified atom stereocenters. The van der Waals surface area contributed by atoms with Gasteiger partial charge >= 0.3 is 6.61 Å². The minimum absolute atomic E-state index is 0.0111. The number of halogens is 4. The van der Waals surface area contributed by atoms with Crippen molar-refractivity contribution in [1.82, 2.24) is 15.6 Å². The summed E-state index contributed by atoms with van der Waals surface area (Å²) in [5.41, 5.74) is 1.30. The number of aromatic amines is 1. The highest BCUT2D eigenvalue weighted by Gasteiger charge is 2.34. The number of nitrogens with one attached hydrogen (secondary N) is 3. The predicted octanol–water partition coefficient (Wildman–Crippen LogP) is 2.62. The van der Waals surface area contributed by atoms with Crippen LogP contribution in [0.25, 0.3) is 22.2 Å². The second kappa shape index (κ2) is 9.10. The highest BCUT2D eigenvalue weighted by Crippen LogP contribution is 2.35. The molecule has 0 bridgehead atoms. The SMILES string of the molecule is O=C(CCc1c(-c2ccc(F)cc2)[nH]c2c(F)cc(OC(F)F)cc12)N[C@@H]1C(=O)NC[C@H]1O. The van der Waals surface area contributed by atoms with Crippen molar-refractivity contribution in [2.24, 2.45) is 0 Å². The molecule has 4 N–H and O–H groups in total. The number of rotatable bonds is 7. The number of aliphatic hydroxyl groups excluding tert-OH is 1. The van der Waals surface area contributed by atoms with Gasteiger partial charge in [0.05, 0.1) is 5.52 Å². The number of ether oxygens (including phenoxy) is 1. The fourth-order valence-corrected chi connectivity index (χ4v) is 3.83. The van der Waals surface area contributed by atoms with Gasteiger partial charge < -0.3 is 25.5 Å². The zero-order chi connectivity index (χ0) is 23.7. The molecule has 0 aliphatic carbocycles. The standard InChI is InChI=1S/C22H19F4N3O4/c23-11-3-1-10(2-4-11)18-13(5-6-17(31)28-20-16(30)9-27-21(20)32)14-7-12(33-22(25)26)8-15(24)19(14)29-18/h1-4,7-8,16,20,22,29-30H,5-6,9H2,(H,27,32)(H,28,31)/t16-,20+/m1/s1. The van der Waals surface area contributed by atoms with Gasteiger partial charge in [-0.05, 0) is 47.9 Å². The third kappa shape index (κ3) is 4.77. The summed E-state index contributed by atoms with van der Waals surface area (Å²) in [5, 5.41) is 14.9. The lowest BCUT2D eigenvalue weighted by molar-refractivity contribution is -0.128. The molecule has 1 aliphatic rings. The van der Waals surface area contributed by atoms with E-state index in [-0.39, 0.29) is 30.3 Å². The number of amides is 2. The molecule has 1 fully saturated rings. The molecule has 0 saturated carbocycles. The summed E-state index contributed by atoms with van der Waals surface area (Å²) in [7, 11) is 0. The highest BCUT2D eigenvalue weighted by molar-refractivity contribution is 5.93. The number of aromatic nitrogens is 1. The van der Waals surface area contributed by atoms with Crippen molar-refractivity contribution in [3.63, 3.8) is 0 Å². The molecule has 4 rings (SSSR count). The maximum Gasteiger partial charge on any atom is 0.387 e. The van der Waals surface area contributed by atoms with E-state index in [1.54, 1.807) is 0 Å². The van der Waals surface area contributed by atoms with E-state index in [9.17, 15) is 32.3 Å². The zero-order valence-corrected chi connectivity index (χ0v) is 17.0. The van der Waals surface area contributed by atoms with Crippen LogP contribution in [0.2, 0.25) is 0 Å². The van der Waals surface area contributed by atoms with Crippen molar-refractivity contribution in [3.05, 3.63) is 53.6 Å². The van der Waals surface area contributed by atoms with Gasteiger partial charge in [0, 0.05) is 30.1 Å². The van der Waals surface area contributed by atoms with E-state index in [0.717, 1.165) is 6.07 Å². The Labute approximate surface area is 184 Å². The van der Waals surface area contributed by atoms with E-state index in [0.29, 0.717) is 16.8 Å². The van der Waals surface area contributed by atoms with Crippen molar-refractivity contribution in [1.29, 1.82) is 0 Å². The van der Waals surface area contributed by atoms with Crippen molar-refractivity contribution in [2.75, 3.05) is 6.54 Å². The van der Waals surface area contributed by atoms with Gasteiger partial charge in [0.25, 0.3) is 0 Å². The van der Waals surface area contributed by atoms with E-state index in [4.69, 9.17) is 0 Å². The van der Waals surface area contributed by atoms with Gasteiger partial charge in [-0.2, -0.15) is 8.78 Å². The molecule has 2 atom stereocenters. The van der Waals surface area contributed by atoms with Crippen LogP contribution in [0.4, 0.5) is 17.6 Å². The van der Waals surface area contributed by atoms with Crippen molar-refractivity contribution in [2.45, 2.75) is 31.6 Å². The van der Waals surface area contributed by atoms with Crippen LogP contribution in [0.3, 0.4) is 0 Å². The lowest BCUT2D eigenvalue weighted by Crippen LogP contribution is -2.45. The Morgan fingerprint density at radius 2 is 1.94 bits per heavy atom. The molecule has 3 aromatic rings. The van der Waals surface area contributed by atoms with E-state index in [1.165, 1.54) is 30.3 Å². The Morgan fingerprint density at radius 3 is 2.58 bits per heavy atom. The fraction of sp³-hybridized carbons (Fsp3) is 0.273. The molecule has 33 heavy (non-hydrogen) atoms. The molecular weight excluding hydrogens is 446 g/mol. The van der Waals surface area contributed by atoms with Gasteiger partial charge in [0.1, 0.15) is 23.7 Å². The quantitative estimate of drug-likeness (QED) is 0.403. The lowest BCUT2D eigenvalue weighted by Gasteiger charge is -2.14. The topological polar surface area (TPSA) is 103 Å². The zero-order valence-electron chi connectivity index (χ0n) is 17.0. The van der Waals surface area contributed by atoms with Crippen LogP contribution in [0.5, 0.6) is 5.75 Å². The minimum atomic E-state index is -3.16. The van der Waals surface area contributed by atoms with Crippen LogP contribution in [-0.4, -0.2) is 47.2 Å². The molecule has 2 heterocycles. The number of carbonyl (C=O) groups excluding carboxylic acids is 2. The summed E-state index contributed by atoms with van der Waals surface area (Å²) in [5.74, 6) is -2.77. The Kier molecular flexibility index (Phi) is 6.23. The number of benzene rings is 2. The first-order valence-corrected chi connectivity index (χ1v) is 10.0. The van der Waals surface area contributed by atoms with Crippen LogP contribution in [-0.2, 0) is 16.0 Å². The molecule has 2 amide bonds. The molecule has 0 spiro atoms. The highest BCUT2D eigenvalue weighted by atomic mass is 19.3. The van der Waals surface area contributed by atoms with Crippen LogP contribution in [0, 0.1) is 11.6 Å².